The summed E-state index contributed by atoms with van der Waals surface area (Å²) in [6.45, 7) is 7.18. The maximum atomic E-state index is 12.5. The highest BCUT2D eigenvalue weighted by atomic mass is 32.1. The monoisotopic (exact) mass is 441 g/mol. The van der Waals surface area contributed by atoms with E-state index in [1.807, 2.05) is 45.0 Å². The van der Waals surface area contributed by atoms with E-state index >= 15 is 0 Å². The van der Waals surface area contributed by atoms with Gasteiger partial charge in [0.2, 0.25) is 0 Å². The van der Waals surface area contributed by atoms with Gasteiger partial charge in [-0.15, -0.1) is 11.3 Å². The van der Waals surface area contributed by atoms with E-state index in [1.165, 1.54) is 11.3 Å². The van der Waals surface area contributed by atoms with Crippen molar-refractivity contribution in [3.63, 3.8) is 0 Å². The first-order valence-corrected chi connectivity index (χ1v) is 11.3. The van der Waals surface area contributed by atoms with Crippen molar-refractivity contribution in [2.24, 2.45) is 0 Å². The Balaban J connectivity index is 1.30. The normalized spacial score (nSPS) is 15.3. The Morgan fingerprint density at radius 3 is 2.68 bits per heavy atom. The van der Waals surface area contributed by atoms with Crippen LogP contribution in [0.3, 0.4) is 0 Å². The standard InChI is InChI=1S/C22H27N5O3S/c1-22(2,3)30-21(29)27-10-8-14(9-11-27)20-26-17(13-31-20)19(28)23-12-18-24-15-6-4-5-7-16(15)25-18/h4-7,13-14H,8-12H2,1-3H3,(H,23,28)(H,24,25). The summed E-state index contributed by atoms with van der Waals surface area (Å²) < 4.78 is 5.45. The third kappa shape index (κ3) is 5.22. The van der Waals surface area contributed by atoms with Crippen LogP contribution in [0.15, 0.2) is 29.6 Å². The molecule has 0 saturated carbocycles. The van der Waals surface area contributed by atoms with Crippen molar-refractivity contribution in [2.75, 3.05) is 13.1 Å². The number of hydrogen-bond donors (Lipinski definition) is 2. The molecule has 31 heavy (non-hydrogen) atoms. The molecule has 0 aliphatic carbocycles. The molecule has 2 aromatic heterocycles. The summed E-state index contributed by atoms with van der Waals surface area (Å²) in [6, 6.07) is 7.75. The minimum Gasteiger partial charge on any atom is -0.444 e. The van der Waals surface area contributed by atoms with Gasteiger partial charge < -0.3 is 19.9 Å². The second-order valence-corrected chi connectivity index (χ2v) is 9.59. The number of imidazole rings is 1. The number of H-pyrrole nitrogens is 1. The van der Waals surface area contributed by atoms with Gasteiger partial charge in [-0.3, -0.25) is 4.79 Å². The van der Waals surface area contributed by atoms with Crippen molar-refractivity contribution in [2.45, 2.75) is 51.7 Å². The SMILES string of the molecule is CC(C)(C)OC(=O)N1CCC(c2nc(C(=O)NCc3nc4ccccc4[nH]3)cs2)CC1. The predicted molar refractivity (Wildman–Crippen MR) is 119 cm³/mol. The number of likely N-dealkylation sites (tertiary alicyclic amines) is 1. The van der Waals surface area contributed by atoms with Crippen LogP contribution in [0.1, 0.15) is 60.9 Å². The number of thiazole rings is 1. The quantitative estimate of drug-likeness (QED) is 0.636. The minimum absolute atomic E-state index is 0.214. The zero-order chi connectivity index (χ0) is 22.0. The first-order chi connectivity index (χ1) is 14.8. The number of hydrogen-bond acceptors (Lipinski definition) is 6. The van der Waals surface area contributed by atoms with Crippen LogP contribution in [0.4, 0.5) is 4.79 Å². The zero-order valence-electron chi connectivity index (χ0n) is 18.0. The Labute approximate surface area is 185 Å². The number of ether oxygens (including phenoxy) is 1. The van der Waals surface area contributed by atoms with Gasteiger partial charge in [0, 0.05) is 24.4 Å². The van der Waals surface area contributed by atoms with Crippen LogP contribution < -0.4 is 5.32 Å². The molecule has 1 fully saturated rings. The summed E-state index contributed by atoms with van der Waals surface area (Å²) in [7, 11) is 0. The molecule has 0 unspecified atom stereocenters. The number of benzene rings is 1. The highest BCUT2D eigenvalue weighted by Gasteiger charge is 2.29. The number of aromatic amines is 1. The summed E-state index contributed by atoms with van der Waals surface area (Å²) in [5, 5.41) is 5.62. The van der Waals surface area contributed by atoms with Crippen molar-refractivity contribution in [3.8, 4) is 0 Å². The van der Waals surface area contributed by atoms with Crippen molar-refractivity contribution in [1.29, 1.82) is 0 Å². The third-order valence-electron chi connectivity index (χ3n) is 5.11. The molecule has 3 heterocycles. The van der Waals surface area contributed by atoms with E-state index in [9.17, 15) is 9.59 Å². The number of nitrogens with one attached hydrogen (secondary N) is 2. The Morgan fingerprint density at radius 2 is 1.97 bits per heavy atom. The van der Waals surface area contributed by atoms with E-state index in [0.29, 0.717) is 31.2 Å². The van der Waals surface area contributed by atoms with Crippen molar-refractivity contribution in [3.05, 3.63) is 46.2 Å². The molecule has 4 rings (SSSR count). The molecule has 2 amide bonds. The van der Waals surface area contributed by atoms with Crippen LogP contribution >= 0.6 is 11.3 Å². The lowest BCUT2D eigenvalue weighted by Crippen LogP contribution is -2.41. The van der Waals surface area contributed by atoms with Crippen LogP contribution in [0.25, 0.3) is 11.0 Å². The summed E-state index contributed by atoms with van der Waals surface area (Å²) in [5.74, 6) is 0.745. The molecule has 0 radical (unpaired) electrons. The Hall–Kier alpha value is -2.94. The predicted octanol–water partition coefficient (Wildman–Crippen LogP) is 4.06. The summed E-state index contributed by atoms with van der Waals surface area (Å²) >= 11 is 1.50. The van der Waals surface area contributed by atoms with Gasteiger partial charge in [-0.25, -0.2) is 14.8 Å². The van der Waals surface area contributed by atoms with Gasteiger partial charge in [-0.1, -0.05) is 12.1 Å². The number of carbonyl (C=O) groups is 2. The molecule has 0 bridgehead atoms. The molecule has 164 valence electrons. The van der Waals surface area contributed by atoms with Gasteiger partial charge in [0.25, 0.3) is 5.91 Å². The fourth-order valence-corrected chi connectivity index (χ4v) is 4.53. The van der Waals surface area contributed by atoms with Crippen LogP contribution in [0, 0.1) is 0 Å². The largest absolute Gasteiger partial charge is 0.444 e. The van der Waals surface area contributed by atoms with Crippen molar-refractivity contribution in [1.82, 2.24) is 25.2 Å². The third-order valence-corrected chi connectivity index (χ3v) is 6.11. The molecule has 1 aliphatic heterocycles. The van der Waals surface area contributed by atoms with Crippen LogP contribution in [-0.2, 0) is 11.3 Å². The van der Waals surface area contributed by atoms with Crippen molar-refractivity contribution < 1.29 is 14.3 Å². The topological polar surface area (TPSA) is 100 Å². The second-order valence-electron chi connectivity index (χ2n) is 8.70. The molecule has 3 aromatic rings. The molecule has 2 N–H and O–H groups in total. The van der Waals surface area contributed by atoms with Gasteiger partial charge in [0.05, 0.1) is 22.6 Å². The number of para-hydroxylation sites is 2. The van der Waals surface area contributed by atoms with Gasteiger partial charge in [0.1, 0.15) is 17.1 Å². The number of aromatic nitrogens is 3. The maximum absolute atomic E-state index is 12.5. The number of carbonyl (C=O) groups excluding carboxylic acids is 2. The molecule has 1 saturated heterocycles. The molecular weight excluding hydrogens is 414 g/mol. The van der Waals surface area contributed by atoms with E-state index in [4.69, 9.17) is 4.74 Å². The van der Waals surface area contributed by atoms with E-state index in [2.05, 4.69) is 20.3 Å². The maximum Gasteiger partial charge on any atom is 0.410 e. The average molecular weight is 442 g/mol. The van der Waals surface area contributed by atoms with E-state index in [0.717, 1.165) is 28.9 Å². The summed E-state index contributed by atoms with van der Waals surface area (Å²) in [4.78, 5) is 38.7. The molecule has 1 aliphatic rings. The smallest absolute Gasteiger partial charge is 0.410 e. The Morgan fingerprint density at radius 1 is 1.23 bits per heavy atom. The molecule has 0 atom stereocenters. The van der Waals surface area contributed by atoms with E-state index < -0.39 is 5.60 Å². The van der Waals surface area contributed by atoms with Gasteiger partial charge in [-0.05, 0) is 45.7 Å². The number of rotatable bonds is 4. The summed E-state index contributed by atoms with van der Waals surface area (Å²) in [6.07, 6.45) is 1.36. The Bertz CT molecular complexity index is 1040. The first-order valence-electron chi connectivity index (χ1n) is 10.4. The fourth-order valence-electron chi connectivity index (χ4n) is 3.56. The van der Waals surface area contributed by atoms with Crippen LogP contribution in [-0.4, -0.2) is 50.5 Å². The number of amides is 2. The number of piperidine rings is 1. The molecule has 1 aromatic carbocycles. The van der Waals surface area contributed by atoms with Gasteiger partial charge in [0.15, 0.2) is 0 Å². The van der Waals surface area contributed by atoms with Crippen LogP contribution in [0.5, 0.6) is 0 Å². The Kier molecular flexibility index (Phi) is 5.95. The molecule has 8 nitrogen and oxygen atoms in total. The first kappa shape index (κ1) is 21.3. The highest BCUT2D eigenvalue weighted by Crippen LogP contribution is 2.31. The average Bonchev–Trinajstić information content (AvgIpc) is 3.38. The van der Waals surface area contributed by atoms with E-state index in [-0.39, 0.29) is 17.9 Å². The molecule has 0 spiro atoms. The molecule has 9 heteroatoms. The molecular formula is C22H27N5O3S. The highest BCUT2D eigenvalue weighted by molar-refractivity contribution is 7.09. The fraction of sp³-hybridized carbons (Fsp3) is 0.455. The van der Waals surface area contributed by atoms with Gasteiger partial charge >= 0.3 is 6.09 Å². The lowest BCUT2D eigenvalue weighted by Gasteiger charge is -2.32. The van der Waals surface area contributed by atoms with Crippen LogP contribution in [0.2, 0.25) is 0 Å². The second kappa shape index (κ2) is 8.66. The number of nitrogens with zero attached hydrogens (tertiary/aromatic N) is 3. The number of fused-ring (bicyclic) bond motifs is 1. The minimum atomic E-state index is -0.492. The zero-order valence-corrected chi connectivity index (χ0v) is 18.8. The van der Waals surface area contributed by atoms with Crippen molar-refractivity contribution >= 4 is 34.4 Å². The van der Waals surface area contributed by atoms with E-state index in [1.54, 1.807) is 10.3 Å². The lowest BCUT2D eigenvalue weighted by atomic mass is 9.98. The summed E-state index contributed by atoms with van der Waals surface area (Å²) in [5.41, 5.74) is 1.75. The van der Waals surface area contributed by atoms with Gasteiger partial charge in [-0.2, -0.15) is 0 Å². The lowest BCUT2D eigenvalue weighted by molar-refractivity contribution is 0.0204.